The maximum absolute atomic E-state index is 12.6. The van der Waals surface area contributed by atoms with Crippen molar-refractivity contribution in [3.8, 4) is 0 Å². The van der Waals surface area contributed by atoms with E-state index in [0.29, 0.717) is 12.3 Å². The molecule has 1 heterocycles. The highest BCUT2D eigenvalue weighted by Gasteiger charge is 2.26. The molecule has 132 valence electrons. The summed E-state index contributed by atoms with van der Waals surface area (Å²) in [6, 6.07) is 4.77. The standard InChI is InChI=1S/C17H23ClN2O4/c1-23-10-8-13-5-3-4-9-20(13)17(22)19-12-6-7-14(15(18)11-12)16(21)24-2/h6-7,11,13H,3-5,8-10H2,1-2H3,(H,19,22)/t13-/m0/s1. The number of rotatable bonds is 5. The molecule has 2 rings (SSSR count). The van der Waals surface area contributed by atoms with Gasteiger partial charge in [0, 0.05) is 32.0 Å². The number of halogens is 1. The van der Waals surface area contributed by atoms with E-state index in [9.17, 15) is 9.59 Å². The van der Waals surface area contributed by atoms with Crippen molar-refractivity contribution in [2.24, 2.45) is 0 Å². The third-order valence-corrected chi connectivity index (χ3v) is 4.48. The first-order valence-electron chi connectivity index (χ1n) is 8.01. The van der Waals surface area contributed by atoms with Gasteiger partial charge in [0.2, 0.25) is 0 Å². The van der Waals surface area contributed by atoms with Gasteiger partial charge in [-0.25, -0.2) is 9.59 Å². The van der Waals surface area contributed by atoms with Gasteiger partial charge < -0.3 is 19.7 Å². The summed E-state index contributed by atoms with van der Waals surface area (Å²) >= 11 is 6.09. The number of carbonyl (C=O) groups excluding carboxylic acids is 2. The van der Waals surface area contributed by atoms with Gasteiger partial charge in [0.15, 0.2) is 0 Å². The second kappa shape index (κ2) is 8.89. The number of ether oxygens (including phenoxy) is 2. The van der Waals surface area contributed by atoms with Gasteiger partial charge in [0.05, 0.1) is 17.7 Å². The predicted molar refractivity (Wildman–Crippen MR) is 92.6 cm³/mol. The van der Waals surface area contributed by atoms with Crippen molar-refractivity contribution in [1.29, 1.82) is 0 Å². The van der Waals surface area contributed by atoms with Crippen LogP contribution in [-0.4, -0.2) is 50.3 Å². The number of esters is 1. The number of amides is 2. The van der Waals surface area contributed by atoms with Crippen LogP contribution in [0.25, 0.3) is 0 Å². The molecule has 1 aliphatic heterocycles. The van der Waals surface area contributed by atoms with Crippen molar-refractivity contribution in [2.75, 3.05) is 32.7 Å². The van der Waals surface area contributed by atoms with Gasteiger partial charge >= 0.3 is 12.0 Å². The van der Waals surface area contributed by atoms with Gasteiger partial charge in [-0.15, -0.1) is 0 Å². The number of carbonyl (C=O) groups is 2. The average Bonchev–Trinajstić information content (AvgIpc) is 2.59. The monoisotopic (exact) mass is 354 g/mol. The van der Waals surface area contributed by atoms with E-state index >= 15 is 0 Å². The topological polar surface area (TPSA) is 67.9 Å². The molecule has 2 amide bonds. The van der Waals surface area contributed by atoms with E-state index in [1.807, 2.05) is 4.90 Å². The average molecular weight is 355 g/mol. The Kier molecular flexibility index (Phi) is 6.87. The van der Waals surface area contributed by atoms with Crippen LogP contribution >= 0.6 is 11.6 Å². The Hall–Kier alpha value is -1.79. The number of urea groups is 1. The quantitative estimate of drug-likeness (QED) is 0.821. The van der Waals surface area contributed by atoms with E-state index in [0.717, 1.165) is 32.2 Å². The fourth-order valence-electron chi connectivity index (χ4n) is 2.89. The molecule has 6 nitrogen and oxygen atoms in total. The molecule has 0 aliphatic carbocycles. The lowest BCUT2D eigenvalue weighted by atomic mass is 10.00. The smallest absolute Gasteiger partial charge is 0.339 e. The summed E-state index contributed by atoms with van der Waals surface area (Å²) in [6.07, 6.45) is 3.93. The number of nitrogens with zero attached hydrogens (tertiary/aromatic N) is 1. The van der Waals surface area contributed by atoms with Crippen molar-refractivity contribution in [2.45, 2.75) is 31.7 Å². The lowest BCUT2D eigenvalue weighted by molar-refractivity contribution is 0.0601. The first kappa shape index (κ1) is 18.5. The molecule has 0 bridgehead atoms. The number of nitrogens with one attached hydrogen (secondary N) is 1. The Labute approximate surface area is 147 Å². The number of hydrogen-bond donors (Lipinski definition) is 1. The van der Waals surface area contributed by atoms with Crippen molar-refractivity contribution < 1.29 is 19.1 Å². The minimum absolute atomic E-state index is 0.155. The van der Waals surface area contributed by atoms with E-state index in [-0.39, 0.29) is 22.7 Å². The largest absolute Gasteiger partial charge is 0.465 e. The van der Waals surface area contributed by atoms with E-state index in [2.05, 4.69) is 10.1 Å². The number of hydrogen-bond acceptors (Lipinski definition) is 4. The van der Waals surface area contributed by atoms with E-state index in [4.69, 9.17) is 16.3 Å². The molecule has 24 heavy (non-hydrogen) atoms. The molecule has 1 fully saturated rings. The molecule has 1 saturated heterocycles. The highest BCUT2D eigenvalue weighted by Crippen LogP contribution is 2.24. The van der Waals surface area contributed by atoms with Crippen LogP contribution in [0.15, 0.2) is 18.2 Å². The van der Waals surface area contributed by atoms with Gasteiger partial charge in [-0.1, -0.05) is 11.6 Å². The summed E-state index contributed by atoms with van der Waals surface area (Å²) in [7, 11) is 2.96. The molecule has 0 spiro atoms. The van der Waals surface area contributed by atoms with Crippen LogP contribution in [0.4, 0.5) is 10.5 Å². The molecule has 0 saturated carbocycles. The number of anilines is 1. The Balaban J connectivity index is 2.05. The molecule has 1 aromatic rings. The SMILES string of the molecule is COCC[C@@H]1CCCCN1C(=O)Nc1ccc(C(=O)OC)c(Cl)c1. The second-order valence-electron chi connectivity index (χ2n) is 5.74. The summed E-state index contributed by atoms with van der Waals surface area (Å²) in [4.78, 5) is 26.0. The number of methoxy groups -OCH3 is 2. The zero-order chi connectivity index (χ0) is 17.5. The van der Waals surface area contributed by atoms with Crippen LogP contribution in [0.2, 0.25) is 5.02 Å². The molecule has 0 unspecified atom stereocenters. The molecular weight excluding hydrogens is 332 g/mol. The summed E-state index contributed by atoms with van der Waals surface area (Å²) < 4.78 is 9.79. The zero-order valence-electron chi connectivity index (χ0n) is 14.0. The summed E-state index contributed by atoms with van der Waals surface area (Å²) in [5.41, 5.74) is 0.821. The van der Waals surface area contributed by atoms with Gasteiger partial charge in [0.25, 0.3) is 0 Å². The Bertz CT molecular complexity index is 594. The van der Waals surface area contributed by atoms with Crippen molar-refractivity contribution in [3.63, 3.8) is 0 Å². The molecule has 0 aromatic heterocycles. The van der Waals surface area contributed by atoms with Crippen LogP contribution in [0.3, 0.4) is 0 Å². The van der Waals surface area contributed by atoms with Crippen LogP contribution in [0.5, 0.6) is 0 Å². The first-order chi connectivity index (χ1) is 11.6. The molecule has 1 aliphatic rings. The lowest BCUT2D eigenvalue weighted by Gasteiger charge is -2.35. The molecular formula is C17H23ClN2O4. The maximum Gasteiger partial charge on any atom is 0.339 e. The molecule has 1 N–H and O–H groups in total. The third kappa shape index (κ3) is 4.61. The van der Waals surface area contributed by atoms with E-state index < -0.39 is 5.97 Å². The molecule has 1 atom stereocenters. The summed E-state index contributed by atoms with van der Waals surface area (Å²) in [5.74, 6) is -0.506. The third-order valence-electron chi connectivity index (χ3n) is 4.17. The summed E-state index contributed by atoms with van der Waals surface area (Å²) in [5, 5.41) is 3.10. The fraction of sp³-hybridized carbons (Fsp3) is 0.529. The van der Waals surface area contributed by atoms with E-state index in [1.165, 1.54) is 7.11 Å². The minimum Gasteiger partial charge on any atom is -0.465 e. The van der Waals surface area contributed by atoms with Gasteiger partial charge in [-0.05, 0) is 43.9 Å². The maximum atomic E-state index is 12.6. The van der Waals surface area contributed by atoms with Gasteiger partial charge in [-0.2, -0.15) is 0 Å². The molecule has 7 heteroatoms. The van der Waals surface area contributed by atoms with Gasteiger partial charge in [0.1, 0.15) is 0 Å². The number of likely N-dealkylation sites (tertiary alicyclic amines) is 1. The number of benzene rings is 1. The van der Waals surface area contributed by atoms with Crippen molar-refractivity contribution in [1.82, 2.24) is 4.90 Å². The van der Waals surface area contributed by atoms with Crippen LogP contribution in [0, 0.1) is 0 Å². The van der Waals surface area contributed by atoms with Gasteiger partial charge in [-0.3, -0.25) is 0 Å². The highest BCUT2D eigenvalue weighted by atomic mass is 35.5. The Morgan fingerprint density at radius 1 is 1.33 bits per heavy atom. The zero-order valence-corrected chi connectivity index (χ0v) is 14.8. The predicted octanol–water partition coefficient (Wildman–Crippen LogP) is 3.55. The lowest BCUT2D eigenvalue weighted by Crippen LogP contribution is -2.46. The van der Waals surface area contributed by atoms with Crippen LogP contribution in [-0.2, 0) is 9.47 Å². The number of piperidine rings is 1. The first-order valence-corrected chi connectivity index (χ1v) is 8.39. The molecule has 0 radical (unpaired) electrons. The second-order valence-corrected chi connectivity index (χ2v) is 6.15. The Morgan fingerprint density at radius 2 is 2.12 bits per heavy atom. The van der Waals surface area contributed by atoms with Crippen molar-refractivity contribution in [3.05, 3.63) is 28.8 Å². The van der Waals surface area contributed by atoms with E-state index in [1.54, 1.807) is 25.3 Å². The normalized spacial score (nSPS) is 17.5. The fourth-order valence-corrected chi connectivity index (χ4v) is 3.14. The molecule has 1 aromatic carbocycles. The minimum atomic E-state index is -0.506. The van der Waals surface area contributed by atoms with Crippen molar-refractivity contribution >= 4 is 29.3 Å². The summed E-state index contributed by atoms with van der Waals surface area (Å²) in [6.45, 7) is 1.36. The van der Waals surface area contributed by atoms with Crippen LogP contribution < -0.4 is 5.32 Å². The van der Waals surface area contributed by atoms with Crippen LogP contribution in [0.1, 0.15) is 36.0 Å². The highest BCUT2D eigenvalue weighted by molar-refractivity contribution is 6.33. The Morgan fingerprint density at radius 3 is 2.79 bits per heavy atom.